The molecule has 0 unspecified atom stereocenters. The van der Waals surface area contributed by atoms with Gasteiger partial charge in [-0.1, -0.05) is 26.0 Å². The molecule has 1 aromatic carbocycles. The second-order valence-corrected chi connectivity index (χ2v) is 5.22. The molecule has 4 nitrogen and oxygen atoms in total. The van der Waals surface area contributed by atoms with E-state index in [1.165, 1.54) is 5.56 Å². The van der Waals surface area contributed by atoms with E-state index in [0.29, 0.717) is 25.5 Å². The molecule has 0 heterocycles. The molecule has 0 saturated carbocycles. The highest BCUT2D eigenvalue weighted by Crippen LogP contribution is 2.12. The van der Waals surface area contributed by atoms with Gasteiger partial charge in [0.2, 0.25) is 5.91 Å². The summed E-state index contributed by atoms with van der Waals surface area (Å²) in [6.45, 7) is 9.26. The molecule has 0 bridgehead atoms. The third kappa shape index (κ3) is 7.14. The summed E-state index contributed by atoms with van der Waals surface area (Å²) in [6.07, 6.45) is 0.394. The van der Waals surface area contributed by atoms with Gasteiger partial charge in [-0.25, -0.2) is 0 Å². The SMILES string of the molecule is CCNC(=O)CCOc1ccc(CNCC(C)C)cc1. The van der Waals surface area contributed by atoms with Gasteiger partial charge in [0.15, 0.2) is 0 Å². The van der Waals surface area contributed by atoms with Crippen LogP contribution in [-0.2, 0) is 11.3 Å². The van der Waals surface area contributed by atoms with E-state index in [9.17, 15) is 4.79 Å². The first kappa shape index (κ1) is 16.5. The number of nitrogens with one attached hydrogen (secondary N) is 2. The Morgan fingerprint density at radius 3 is 2.55 bits per heavy atom. The van der Waals surface area contributed by atoms with Crippen LogP contribution in [0.5, 0.6) is 5.75 Å². The molecule has 1 amide bonds. The van der Waals surface area contributed by atoms with Crippen molar-refractivity contribution in [1.29, 1.82) is 0 Å². The van der Waals surface area contributed by atoms with Gasteiger partial charge in [0.05, 0.1) is 13.0 Å². The van der Waals surface area contributed by atoms with Crippen molar-refractivity contribution < 1.29 is 9.53 Å². The third-order valence-corrected chi connectivity index (χ3v) is 2.78. The quantitative estimate of drug-likeness (QED) is 0.729. The van der Waals surface area contributed by atoms with Crippen LogP contribution in [-0.4, -0.2) is 25.6 Å². The lowest BCUT2D eigenvalue weighted by Crippen LogP contribution is -2.24. The molecule has 1 aromatic rings. The van der Waals surface area contributed by atoms with Crippen LogP contribution in [0.4, 0.5) is 0 Å². The molecule has 0 aliphatic carbocycles. The fourth-order valence-electron chi connectivity index (χ4n) is 1.76. The molecule has 0 radical (unpaired) electrons. The van der Waals surface area contributed by atoms with Crippen LogP contribution in [0.3, 0.4) is 0 Å². The normalized spacial score (nSPS) is 10.6. The minimum absolute atomic E-state index is 0.0296. The summed E-state index contributed by atoms with van der Waals surface area (Å²) in [5, 5.41) is 6.14. The van der Waals surface area contributed by atoms with Gasteiger partial charge < -0.3 is 15.4 Å². The van der Waals surface area contributed by atoms with E-state index in [4.69, 9.17) is 4.74 Å². The third-order valence-electron chi connectivity index (χ3n) is 2.78. The van der Waals surface area contributed by atoms with Crippen molar-refractivity contribution in [2.24, 2.45) is 5.92 Å². The lowest BCUT2D eigenvalue weighted by atomic mass is 10.2. The summed E-state index contributed by atoms with van der Waals surface area (Å²) in [5.74, 6) is 1.50. The second kappa shape index (κ2) is 9.37. The average Bonchev–Trinajstić information content (AvgIpc) is 2.40. The zero-order valence-electron chi connectivity index (χ0n) is 12.7. The molecule has 0 aromatic heterocycles. The zero-order chi connectivity index (χ0) is 14.8. The standard InChI is InChI=1S/C16H26N2O2/c1-4-18-16(19)9-10-20-15-7-5-14(6-8-15)12-17-11-13(2)3/h5-8,13,17H,4,9-12H2,1-3H3,(H,18,19). The highest BCUT2D eigenvalue weighted by atomic mass is 16.5. The van der Waals surface area contributed by atoms with E-state index >= 15 is 0 Å². The zero-order valence-corrected chi connectivity index (χ0v) is 12.7. The molecule has 0 saturated heterocycles. The maximum Gasteiger partial charge on any atom is 0.223 e. The molecule has 1 rings (SSSR count). The van der Waals surface area contributed by atoms with E-state index in [1.807, 2.05) is 19.1 Å². The van der Waals surface area contributed by atoms with Gasteiger partial charge in [0, 0.05) is 13.1 Å². The first-order valence-corrected chi connectivity index (χ1v) is 7.31. The van der Waals surface area contributed by atoms with Crippen molar-refractivity contribution in [2.75, 3.05) is 19.7 Å². The van der Waals surface area contributed by atoms with Crippen molar-refractivity contribution in [3.8, 4) is 5.75 Å². The Hall–Kier alpha value is -1.55. The Labute approximate surface area is 121 Å². The number of hydrogen-bond donors (Lipinski definition) is 2. The summed E-state index contributed by atoms with van der Waals surface area (Å²) in [7, 11) is 0. The van der Waals surface area contributed by atoms with Gasteiger partial charge in [-0.05, 0) is 37.1 Å². The molecule has 20 heavy (non-hydrogen) atoms. The molecule has 0 fully saturated rings. The lowest BCUT2D eigenvalue weighted by molar-refractivity contribution is -0.121. The van der Waals surface area contributed by atoms with Crippen molar-refractivity contribution in [1.82, 2.24) is 10.6 Å². The first-order valence-electron chi connectivity index (χ1n) is 7.31. The van der Waals surface area contributed by atoms with Gasteiger partial charge >= 0.3 is 0 Å². The van der Waals surface area contributed by atoms with E-state index in [1.54, 1.807) is 0 Å². The molecule has 0 spiro atoms. The van der Waals surface area contributed by atoms with E-state index in [0.717, 1.165) is 18.8 Å². The number of benzene rings is 1. The Morgan fingerprint density at radius 2 is 1.95 bits per heavy atom. The Bertz CT molecular complexity index is 388. The maximum absolute atomic E-state index is 11.3. The van der Waals surface area contributed by atoms with E-state index in [2.05, 4.69) is 36.6 Å². The minimum Gasteiger partial charge on any atom is -0.493 e. The molecule has 0 aliphatic heterocycles. The van der Waals surface area contributed by atoms with Crippen molar-refractivity contribution in [3.05, 3.63) is 29.8 Å². The summed E-state index contributed by atoms with van der Waals surface area (Å²) in [4.78, 5) is 11.3. The number of amides is 1. The number of carbonyl (C=O) groups is 1. The molecule has 112 valence electrons. The van der Waals surface area contributed by atoms with Crippen LogP contribution in [0.15, 0.2) is 24.3 Å². The van der Waals surface area contributed by atoms with Gasteiger partial charge in [-0.3, -0.25) is 4.79 Å². The summed E-state index contributed by atoms with van der Waals surface area (Å²) < 4.78 is 5.54. The molecule has 0 aliphatic rings. The van der Waals surface area contributed by atoms with Gasteiger partial charge in [0.25, 0.3) is 0 Å². The number of rotatable bonds is 9. The molecule has 0 atom stereocenters. The van der Waals surface area contributed by atoms with Gasteiger partial charge in [-0.15, -0.1) is 0 Å². The van der Waals surface area contributed by atoms with Crippen LogP contribution < -0.4 is 15.4 Å². The van der Waals surface area contributed by atoms with Crippen LogP contribution in [0.2, 0.25) is 0 Å². The second-order valence-electron chi connectivity index (χ2n) is 5.22. The summed E-state index contributed by atoms with van der Waals surface area (Å²) in [6, 6.07) is 8.00. The van der Waals surface area contributed by atoms with E-state index in [-0.39, 0.29) is 5.91 Å². The highest BCUT2D eigenvalue weighted by molar-refractivity contribution is 5.75. The predicted molar refractivity (Wildman–Crippen MR) is 81.8 cm³/mol. The number of carbonyl (C=O) groups excluding carboxylic acids is 1. The van der Waals surface area contributed by atoms with Gasteiger partial charge in [-0.2, -0.15) is 0 Å². The van der Waals surface area contributed by atoms with Gasteiger partial charge in [0.1, 0.15) is 5.75 Å². The maximum atomic E-state index is 11.3. The van der Waals surface area contributed by atoms with Crippen molar-refractivity contribution >= 4 is 5.91 Å². The largest absolute Gasteiger partial charge is 0.493 e. The van der Waals surface area contributed by atoms with Crippen LogP contribution in [0.25, 0.3) is 0 Å². The highest BCUT2D eigenvalue weighted by Gasteiger charge is 2.01. The van der Waals surface area contributed by atoms with E-state index < -0.39 is 0 Å². The monoisotopic (exact) mass is 278 g/mol. The minimum atomic E-state index is 0.0296. The fourth-order valence-corrected chi connectivity index (χ4v) is 1.76. The Kier molecular flexibility index (Phi) is 7.73. The molecule has 2 N–H and O–H groups in total. The Morgan fingerprint density at radius 1 is 1.25 bits per heavy atom. The molecule has 4 heteroatoms. The average molecular weight is 278 g/mol. The van der Waals surface area contributed by atoms with Crippen molar-refractivity contribution in [2.45, 2.75) is 33.7 Å². The lowest BCUT2D eigenvalue weighted by Gasteiger charge is -2.09. The summed E-state index contributed by atoms with van der Waals surface area (Å²) >= 11 is 0. The topological polar surface area (TPSA) is 50.4 Å². The first-order chi connectivity index (χ1) is 9.61. The molecular formula is C16H26N2O2. The fraction of sp³-hybridized carbons (Fsp3) is 0.562. The van der Waals surface area contributed by atoms with Crippen molar-refractivity contribution in [3.63, 3.8) is 0 Å². The van der Waals surface area contributed by atoms with Crippen LogP contribution in [0, 0.1) is 5.92 Å². The molecular weight excluding hydrogens is 252 g/mol. The smallest absolute Gasteiger partial charge is 0.223 e. The van der Waals surface area contributed by atoms with Crippen LogP contribution in [0.1, 0.15) is 32.8 Å². The Balaban J connectivity index is 2.26. The number of ether oxygens (including phenoxy) is 1. The van der Waals surface area contributed by atoms with Crippen LogP contribution >= 0.6 is 0 Å². The number of hydrogen-bond acceptors (Lipinski definition) is 3. The predicted octanol–water partition coefficient (Wildman–Crippen LogP) is 2.34. The summed E-state index contributed by atoms with van der Waals surface area (Å²) in [5.41, 5.74) is 1.24.